The molecule has 0 unspecified atom stereocenters. The lowest BCUT2D eigenvalue weighted by Gasteiger charge is -2.05. The molecule has 3 rings (SSSR count). The summed E-state index contributed by atoms with van der Waals surface area (Å²) >= 11 is 0. The van der Waals surface area contributed by atoms with Crippen molar-refractivity contribution >= 4 is 16.7 Å². The van der Waals surface area contributed by atoms with Gasteiger partial charge in [0, 0.05) is 18.3 Å². The number of para-hydroxylation sites is 2. The fourth-order valence-corrected chi connectivity index (χ4v) is 2.11. The molecular weight excluding hydrogens is 229 g/mol. The Kier molecular flexibility index (Phi) is 2.30. The van der Waals surface area contributed by atoms with Gasteiger partial charge < -0.3 is 10.3 Å². The van der Waals surface area contributed by atoms with E-state index in [4.69, 9.17) is 5.73 Å². The summed E-state index contributed by atoms with van der Waals surface area (Å²) in [5.41, 5.74) is 8.90. The normalized spacial score (nSPS) is 11.0. The van der Waals surface area contributed by atoms with Gasteiger partial charge in [-0.1, -0.05) is 12.1 Å². The van der Waals surface area contributed by atoms with Crippen LogP contribution in [0.1, 0.15) is 0 Å². The van der Waals surface area contributed by atoms with E-state index in [-0.39, 0.29) is 5.82 Å². The summed E-state index contributed by atoms with van der Waals surface area (Å²) in [7, 11) is 1.90. The fraction of sp³-hybridized carbons (Fsp3) is 0.0714. The van der Waals surface area contributed by atoms with Crippen LogP contribution in [0, 0.1) is 5.82 Å². The third kappa shape index (κ3) is 1.54. The molecule has 2 N–H and O–H groups in total. The topological polar surface area (TPSA) is 43.8 Å². The maximum atomic E-state index is 13.3. The minimum atomic E-state index is -0.314. The van der Waals surface area contributed by atoms with E-state index in [1.165, 1.54) is 12.1 Å². The number of hydrogen-bond donors (Lipinski definition) is 1. The van der Waals surface area contributed by atoms with Crippen LogP contribution in [0.5, 0.6) is 0 Å². The largest absolute Gasteiger partial charge is 0.398 e. The van der Waals surface area contributed by atoms with Crippen molar-refractivity contribution in [1.29, 1.82) is 0 Å². The summed E-state index contributed by atoms with van der Waals surface area (Å²) in [5.74, 6) is 0.361. The van der Waals surface area contributed by atoms with E-state index >= 15 is 0 Å². The minimum Gasteiger partial charge on any atom is -0.398 e. The molecule has 0 amide bonds. The predicted molar refractivity (Wildman–Crippen MR) is 70.5 cm³/mol. The van der Waals surface area contributed by atoms with Gasteiger partial charge in [0.25, 0.3) is 0 Å². The fourth-order valence-electron chi connectivity index (χ4n) is 2.11. The molecule has 4 heteroatoms. The van der Waals surface area contributed by atoms with Gasteiger partial charge in [0.1, 0.15) is 11.6 Å². The van der Waals surface area contributed by atoms with Gasteiger partial charge in [0.2, 0.25) is 0 Å². The third-order valence-corrected chi connectivity index (χ3v) is 3.04. The van der Waals surface area contributed by atoms with E-state index in [2.05, 4.69) is 4.98 Å². The summed E-state index contributed by atoms with van der Waals surface area (Å²) in [4.78, 5) is 4.50. The molecule has 0 radical (unpaired) electrons. The highest BCUT2D eigenvalue weighted by atomic mass is 19.1. The van der Waals surface area contributed by atoms with Gasteiger partial charge in [-0.15, -0.1) is 0 Å². The van der Waals surface area contributed by atoms with Crippen molar-refractivity contribution in [3.05, 3.63) is 48.3 Å². The summed E-state index contributed by atoms with van der Waals surface area (Å²) < 4.78 is 15.2. The lowest BCUT2D eigenvalue weighted by molar-refractivity contribution is 0.628. The van der Waals surface area contributed by atoms with Crippen LogP contribution in [0.15, 0.2) is 42.5 Å². The molecule has 1 heterocycles. The van der Waals surface area contributed by atoms with E-state index in [0.29, 0.717) is 17.1 Å². The van der Waals surface area contributed by atoms with E-state index in [9.17, 15) is 4.39 Å². The number of rotatable bonds is 1. The van der Waals surface area contributed by atoms with Crippen LogP contribution < -0.4 is 5.73 Å². The summed E-state index contributed by atoms with van der Waals surface area (Å²) in [6.45, 7) is 0. The van der Waals surface area contributed by atoms with Crippen molar-refractivity contribution in [1.82, 2.24) is 9.55 Å². The molecule has 0 spiro atoms. The molecule has 0 aliphatic heterocycles. The number of imidazole rings is 1. The van der Waals surface area contributed by atoms with E-state index in [1.54, 1.807) is 6.07 Å². The highest BCUT2D eigenvalue weighted by Crippen LogP contribution is 2.28. The Labute approximate surface area is 104 Å². The van der Waals surface area contributed by atoms with Crippen LogP contribution in [0.2, 0.25) is 0 Å². The summed E-state index contributed by atoms with van der Waals surface area (Å²) in [6, 6.07) is 12.1. The number of benzene rings is 2. The second-order valence-electron chi connectivity index (χ2n) is 4.21. The Balaban J connectivity index is 2.31. The van der Waals surface area contributed by atoms with Crippen molar-refractivity contribution in [3.63, 3.8) is 0 Å². The number of hydrogen-bond acceptors (Lipinski definition) is 2. The van der Waals surface area contributed by atoms with Gasteiger partial charge in [0.15, 0.2) is 0 Å². The molecule has 3 nitrogen and oxygen atoms in total. The van der Waals surface area contributed by atoms with Crippen LogP contribution in [0.4, 0.5) is 10.1 Å². The number of nitrogens with zero attached hydrogens (tertiary/aromatic N) is 2. The Hall–Kier alpha value is -2.36. The second-order valence-corrected chi connectivity index (χ2v) is 4.21. The highest BCUT2D eigenvalue weighted by Gasteiger charge is 2.12. The van der Waals surface area contributed by atoms with Crippen LogP contribution in [0.25, 0.3) is 22.4 Å². The summed E-state index contributed by atoms with van der Waals surface area (Å²) in [5, 5.41) is 0. The number of nitrogen functional groups attached to an aromatic ring is 1. The number of aryl methyl sites for hydroxylation is 1. The van der Waals surface area contributed by atoms with Crippen LogP contribution in [-0.4, -0.2) is 9.55 Å². The van der Waals surface area contributed by atoms with Crippen LogP contribution in [-0.2, 0) is 7.05 Å². The zero-order chi connectivity index (χ0) is 12.7. The first-order chi connectivity index (χ1) is 8.66. The zero-order valence-corrected chi connectivity index (χ0v) is 9.89. The van der Waals surface area contributed by atoms with Gasteiger partial charge >= 0.3 is 0 Å². The quantitative estimate of drug-likeness (QED) is 0.666. The Morgan fingerprint density at radius 2 is 1.94 bits per heavy atom. The van der Waals surface area contributed by atoms with Crippen LogP contribution in [0.3, 0.4) is 0 Å². The molecule has 90 valence electrons. The van der Waals surface area contributed by atoms with Crippen molar-refractivity contribution in [3.8, 4) is 11.4 Å². The molecule has 0 bridgehead atoms. The molecule has 18 heavy (non-hydrogen) atoms. The van der Waals surface area contributed by atoms with Gasteiger partial charge in [-0.3, -0.25) is 0 Å². The van der Waals surface area contributed by atoms with Crippen molar-refractivity contribution < 1.29 is 4.39 Å². The Morgan fingerprint density at radius 3 is 2.72 bits per heavy atom. The highest BCUT2D eigenvalue weighted by molar-refractivity contribution is 5.83. The maximum absolute atomic E-state index is 13.3. The van der Waals surface area contributed by atoms with Crippen molar-refractivity contribution in [2.24, 2.45) is 7.05 Å². The number of fused-ring (bicyclic) bond motifs is 1. The first kappa shape index (κ1) is 10.8. The molecule has 0 aliphatic rings. The first-order valence-corrected chi connectivity index (χ1v) is 5.63. The van der Waals surface area contributed by atoms with Crippen molar-refractivity contribution in [2.75, 3.05) is 5.73 Å². The minimum absolute atomic E-state index is 0.314. The zero-order valence-electron chi connectivity index (χ0n) is 9.89. The van der Waals surface area contributed by atoms with Gasteiger partial charge in [-0.2, -0.15) is 0 Å². The summed E-state index contributed by atoms with van der Waals surface area (Å²) in [6.07, 6.45) is 0. The van der Waals surface area contributed by atoms with E-state index < -0.39 is 0 Å². The average Bonchev–Trinajstić information content (AvgIpc) is 2.71. The first-order valence-electron chi connectivity index (χ1n) is 5.63. The van der Waals surface area contributed by atoms with E-state index in [1.807, 2.05) is 35.9 Å². The predicted octanol–water partition coefficient (Wildman–Crippen LogP) is 2.96. The molecule has 3 aromatic rings. The average molecular weight is 241 g/mol. The van der Waals surface area contributed by atoms with Crippen molar-refractivity contribution in [2.45, 2.75) is 0 Å². The van der Waals surface area contributed by atoms with Gasteiger partial charge in [-0.25, -0.2) is 9.37 Å². The lowest BCUT2D eigenvalue weighted by atomic mass is 10.1. The molecule has 0 atom stereocenters. The third-order valence-electron chi connectivity index (χ3n) is 3.04. The monoisotopic (exact) mass is 241 g/mol. The maximum Gasteiger partial charge on any atom is 0.143 e. The number of aromatic nitrogens is 2. The molecule has 2 aromatic carbocycles. The Bertz CT molecular complexity index is 731. The molecule has 0 fully saturated rings. The molecule has 0 saturated carbocycles. The van der Waals surface area contributed by atoms with Gasteiger partial charge in [-0.05, 0) is 30.3 Å². The molecular formula is C14H12FN3. The molecule has 0 aliphatic carbocycles. The van der Waals surface area contributed by atoms with Crippen LogP contribution >= 0.6 is 0 Å². The standard InChI is InChI=1S/C14H12FN3/c1-18-13-5-3-2-4-12(13)17-14(18)10-8-9(15)6-7-11(10)16/h2-8H,16H2,1H3. The Morgan fingerprint density at radius 1 is 1.17 bits per heavy atom. The lowest BCUT2D eigenvalue weighted by Crippen LogP contribution is -1.97. The number of anilines is 1. The van der Waals surface area contributed by atoms with Gasteiger partial charge in [0.05, 0.1) is 11.0 Å². The number of nitrogens with two attached hydrogens (primary N) is 1. The SMILES string of the molecule is Cn1c(-c2cc(F)ccc2N)nc2ccccc21. The molecule has 1 aromatic heterocycles. The second kappa shape index (κ2) is 3.84. The smallest absolute Gasteiger partial charge is 0.143 e. The van der Waals surface area contributed by atoms with E-state index in [0.717, 1.165) is 11.0 Å². The molecule has 0 saturated heterocycles. The number of halogens is 1.